The molecule has 0 saturated carbocycles. The van der Waals surface area contributed by atoms with Crippen LogP contribution in [0.3, 0.4) is 0 Å². The molecular weight excluding hydrogens is 176 g/mol. The molecule has 0 aliphatic rings. The van der Waals surface area contributed by atoms with Crippen LogP contribution in [0.25, 0.3) is 0 Å². The number of ether oxygens (including phenoxy) is 2. The summed E-state index contributed by atoms with van der Waals surface area (Å²) in [5.74, 6) is 0. The average molecular weight is 194 g/mol. The molecule has 0 heterocycles. The maximum Gasteiger partial charge on any atom is 0.0719 e. The number of hydrogen-bond donors (Lipinski definition) is 0. The van der Waals surface area contributed by atoms with Gasteiger partial charge in [0.2, 0.25) is 0 Å². The summed E-state index contributed by atoms with van der Waals surface area (Å²) in [5, 5.41) is 0. The van der Waals surface area contributed by atoms with E-state index in [9.17, 15) is 0 Å². The van der Waals surface area contributed by atoms with Crippen LogP contribution in [0.1, 0.15) is 22.3 Å². The molecule has 14 heavy (non-hydrogen) atoms. The summed E-state index contributed by atoms with van der Waals surface area (Å²) in [4.78, 5) is 0. The van der Waals surface area contributed by atoms with E-state index in [1.807, 2.05) is 0 Å². The number of benzene rings is 1. The first-order valence-electron chi connectivity index (χ1n) is 4.76. The molecular formula is C12H18O2. The molecule has 0 spiro atoms. The van der Waals surface area contributed by atoms with Gasteiger partial charge in [0.25, 0.3) is 0 Å². The Bertz CT molecular complexity index is 305. The molecule has 0 aliphatic carbocycles. The van der Waals surface area contributed by atoms with Crippen LogP contribution in [0.5, 0.6) is 0 Å². The lowest BCUT2D eigenvalue weighted by Gasteiger charge is -2.13. The van der Waals surface area contributed by atoms with Gasteiger partial charge in [0, 0.05) is 14.2 Å². The van der Waals surface area contributed by atoms with Crippen LogP contribution in [0.2, 0.25) is 0 Å². The fourth-order valence-corrected chi connectivity index (χ4v) is 1.57. The maximum absolute atomic E-state index is 5.20. The quantitative estimate of drug-likeness (QED) is 0.733. The zero-order valence-corrected chi connectivity index (χ0v) is 9.39. The van der Waals surface area contributed by atoms with E-state index in [2.05, 4.69) is 26.0 Å². The fourth-order valence-electron chi connectivity index (χ4n) is 1.57. The summed E-state index contributed by atoms with van der Waals surface area (Å²) in [5.41, 5.74) is 5.09. The molecule has 0 unspecified atom stereocenters. The summed E-state index contributed by atoms with van der Waals surface area (Å²) in [7, 11) is 3.43. The molecule has 2 heteroatoms. The third-order valence-electron chi connectivity index (χ3n) is 2.55. The molecule has 1 aromatic carbocycles. The molecule has 1 aromatic rings. The highest BCUT2D eigenvalue weighted by atomic mass is 16.5. The van der Waals surface area contributed by atoms with Gasteiger partial charge in [0.1, 0.15) is 0 Å². The molecule has 0 radical (unpaired) electrons. The lowest BCUT2D eigenvalue weighted by Crippen LogP contribution is -2.02. The minimum Gasteiger partial charge on any atom is -0.380 e. The molecule has 0 amide bonds. The first kappa shape index (κ1) is 11.2. The van der Waals surface area contributed by atoms with E-state index in [-0.39, 0.29) is 0 Å². The zero-order valence-electron chi connectivity index (χ0n) is 9.39. The molecule has 2 nitrogen and oxygen atoms in total. The molecule has 0 N–H and O–H groups in total. The largest absolute Gasteiger partial charge is 0.380 e. The van der Waals surface area contributed by atoms with Gasteiger partial charge in [-0.2, -0.15) is 0 Å². The number of methoxy groups -OCH3 is 2. The van der Waals surface area contributed by atoms with Gasteiger partial charge < -0.3 is 9.47 Å². The van der Waals surface area contributed by atoms with Crippen molar-refractivity contribution in [3.8, 4) is 0 Å². The third-order valence-corrected chi connectivity index (χ3v) is 2.55. The van der Waals surface area contributed by atoms with Crippen LogP contribution in [0, 0.1) is 13.8 Å². The lowest BCUT2D eigenvalue weighted by molar-refractivity contribution is 0.168. The first-order valence-corrected chi connectivity index (χ1v) is 4.76. The van der Waals surface area contributed by atoms with Crippen molar-refractivity contribution in [2.24, 2.45) is 0 Å². The highest BCUT2D eigenvalue weighted by Gasteiger charge is 2.07. The number of hydrogen-bond acceptors (Lipinski definition) is 2. The monoisotopic (exact) mass is 194 g/mol. The van der Waals surface area contributed by atoms with E-state index in [4.69, 9.17) is 9.47 Å². The third kappa shape index (κ3) is 2.34. The Balaban J connectivity index is 3.08. The maximum atomic E-state index is 5.20. The van der Waals surface area contributed by atoms with Crippen LogP contribution in [0.4, 0.5) is 0 Å². The normalized spacial score (nSPS) is 10.6. The second kappa shape index (κ2) is 5.13. The van der Waals surface area contributed by atoms with E-state index in [1.54, 1.807) is 14.2 Å². The zero-order chi connectivity index (χ0) is 10.6. The minimum atomic E-state index is 0.653. The Morgan fingerprint density at radius 2 is 1.64 bits per heavy atom. The topological polar surface area (TPSA) is 18.5 Å². The SMILES string of the molecule is COCc1ccc(C)c(C)c1COC. The van der Waals surface area contributed by atoms with Gasteiger partial charge in [-0.1, -0.05) is 12.1 Å². The lowest BCUT2D eigenvalue weighted by atomic mass is 9.98. The van der Waals surface area contributed by atoms with Crippen molar-refractivity contribution in [3.05, 3.63) is 34.4 Å². The van der Waals surface area contributed by atoms with Gasteiger partial charge in [-0.3, -0.25) is 0 Å². The van der Waals surface area contributed by atoms with Crippen molar-refractivity contribution in [2.45, 2.75) is 27.1 Å². The second-order valence-corrected chi connectivity index (χ2v) is 3.51. The van der Waals surface area contributed by atoms with Gasteiger partial charge >= 0.3 is 0 Å². The molecule has 78 valence electrons. The van der Waals surface area contributed by atoms with E-state index < -0.39 is 0 Å². The van der Waals surface area contributed by atoms with Crippen LogP contribution in [-0.2, 0) is 22.7 Å². The summed E-state index contributed by atoms with van der Waals surface area (Å²) in [6, 6.07) is 4.24. The molecule has 0 saturated heterocycles. The number of aryl methyl sites for hydroxylation is 1. The Morgan fingerprint density at radius 1 is 1.00 bits per heavy atom. The van der Waals surface area contributed by atoms with Crippen molar-refractivity contribution >= 4 is 0 Å². The van der Waals surface area contributed by atoms with Gasteiger partial charge in [-0.05, 0) is 36.1 Å². The molecule has 0 aromatic heterocycles. The Kier molecular flexibility index (Phi) is 4.11. The van der Waals surface area contributed by atoms with Gasteiger partial charge in [0.15, 0.2) is 0 Å². The van der Waals surface area contributed by atoms with Gasteiger partial charge in [-0.25, -0.2) is 0 Å². The predicted octanol–water partition coefficient (Wildman–Crippen LogP) is 2.60. The summed E-state index contributed by atoms with van der Waals surface area (Å²) >= 11 is 0. The van der Waals surface area contributed by atoms with Crippen molar-refractivity contribution in [1.82, 2.24) is 0 Å². The van der Waals surface area contributed by atoms with Crippen molar-refractivity contribution in [2.75, 3.05) is 14.2 Å². The first-order chi connectivity index (χ1) is 6.70. The average Bonchev–Trinajstić information content (AvgIpc) is 2.18. The van der Waals surface area contributed by atoms with E-state index in [0.29, 0.717) is 13.2 Å². The molecule has 0 bridgehead atoms. The Labute approximate surface area is 85.8 Å². The van der Waals surface area contributed by atoms with E-state index in [0.717, 1.165) is 0 Å². The standard InChI is InChI=1S/C12H18O2/c1-9-5-6-11(7-13-3)12(8-14-4)10(9)2/h5-6H,7-8H2,1-4H3. The van der Waals surface area contributed by atoms with Crippen LogP contribution in [0.15, 0.2) is 12.1 Å². The van der Waals surface area contributed by atoms with Crippen LogP contribution >= 0.6 is 0 Å². The van der Waals surface area contributed by atoms with Crippen molar-refractivity contribution in [1.29, 1.82) is 0 Å². The summed E-state index contributed by atoms with van der Waals surface area (Å²) in [6.07, 6.45) is 0. The van der Waals surface area contributed by atoms with Crippen LogP contribution < -0.4 is 0 Å². The van der Waals surface area contributed by atoms with Crippen molar-refractivity contribution in [3.63, 3.8) is 0 Å². The summed E-state index contributed by atoms with van der Waals surface area (Å²) in [6.45, 7) is 5.56. The Morgan fingerprint density at radius 3 is 2.21 bits per heavy atom. The fraction of sp³-hybridized carbons (Fsp3) is 0.500. The smallest absolute Gasteiger partial charge is 0.0719 e. The van der Waals surface area contributed by atoms with Crippen LogP contribution in [-0.4, -0.2) is 14.2 Å². The Hall–Kier alpha value is -0.860. The molecule has 1 rings (SSSR count). The minimum absolute atomic E-state index is 0.653. The molecule has 0 atom stereocenters. The second-order valence-electron chi connectivity index (χ2n) is 3.51. The highest BCUT2D eigenvalue weighted by Crippen LogP contribution is 2.19. The van der Waals surface area contributed by atoms with Crippen molar-refractivity contribution < 1.29 is 9.47 Å². The van der Waals surface area contributed by atoms with E-state index >= 15 is 0 Å². The highest BCUT2D eigenvalue weighted by molar-refractivity contribution is 5.39. The molecule has 0 fully saturated rings. The molecule has 0 aliphatic heterocycles. The van der Waals surface area contributed by atoms with Gasteiger partial charge in [0.05, 0.1) is 13.2 Å². The predicted molar refractivity (Wildman–Crippen MR) is 57.3 cm³/mol. The van der Waals surface area contributed by atoms with Gasteiger partial charge in [-0.15, -0.1) is 0 Å². The number of rotatable bonds is 4. The van der Waals surface area contributed by atoms with E-state index in [1.165, 1.54) is 22.3 Å². The summed E-state index contributed by atoms with van der Waals surface area (Å²) < 4.78 is 10.3.